The largest absolute Gasteiger partial charge is 0.412 e. The molecule has 0 fully saturated rings. The zero-order valence-corrected chi connectivity index (χ0v) is 6.72. The Labute approximate surface area is 64.4 Å². The molecule has 0 radical (unpaired) electrons. The first-order valence-corrected chi connectivity index (χ1v) is 3.54. The lowest BCUT2D eigenvalue weighted by atomic mass is 10.1. The van der Waals surface area contributed by atoms with Crippen molar-refractivity contribution in [1.82, 2.24) is 10.2 Å². The van der Waals surface area contributed by atoms with Crippen molar-refractivity contribution in [1.29, 1.82) is 0 Å². The SMILES string of the molecule is CC(C)Cc1nnc(Cl)o1. The first kappa shape index (κ1) is 7.54. The molecule has 0 saturated carbocycles. The van der Waals surface area contributed by atoms with Gasteiger partial charge in [-0.1, -0.05) is 18.9 Å². The predicted molar refractivity (Wildman–Crippen MR) is 37.9 cm³/mol. The molecule has 10 heavy (non-hydrogen) atoms. The van der Waals surface area contributed by atoms with Crippen molar-refractivity contribution >= 4 is 11.6 Å². The quantitative estimate of drug-likeness (QED) is 0.664. The van der Waals surface area contributed by atoms with Crippen molar-refractivity contribution in [2.45, 2.75) is 20.3 Å². The second-order valence-electron chi connectivity index (χ2n) is 2.55. The number of aromatic nitrogens is 2. The first-order valence-electron chi connectivity index (χ1n) is 3.16. The van der Waals surface area contributed by atoms with Gasteiger partial charge in [0.05, 0.1) is 0 Å². The normalized spacial score (nSPS) is 10.8. The highest BCUT2D eigenvalue weighted by atomic mass is 35.5. The molecule has 0 aromatic carbocycles. The van der Waals surface area contributed by atoms with E-state index < -0.39 is 0 Å². The molecule has 0 aliphatic rings. The average Bonchev–Trinajstić information content (AvgIpc) is 2.13. The fourth-order valence-electron chi connectivity index (χ4n) is 0.665. The van der Waals surface area contributed by atoms with Gasteiger partial charge in [0, 0.05) is 6.42 Å². The fraction of sp³-hybridized carbons (Fsp3) is 0.667. The summed E-state index contributed by atoms with van der Waals surface area (Å²) in [6.07, 6.45) is 0.791. The third kappa shape index (κ3) is 1.99. The van der Waals surface area contributed by atoms with Crippen LogP contribution in [0.1, 0.15) is 19.7 Å². The van der Waals surface area contributed by atoms with E-state index in [4.69, 9.17) is 16.0 Å². The summed E-state index contributed by atoms with van der Waals surface area (Å²) in [7, 11) is 0. The second-order valence-corrected chi connectivity index (χ2v) is 2.87. The van der Waals surface area contributed by atoms with Crippen molar-refractivity contribution < 1.29 is 4.42 Å². The third-order valence-corrected chi connectivity index (χ3v) is 1.18. The van der Waals surface area contributed by atoms with Crippen LogP contribution < -0.4 is 0 Å². The van der Waals surface area contributed by atoms with Gasteiger partial charge in [-0.25, -0.2) is 0 Å². The Hall–Kier alpha value is -0.570. The summed E-state index contributed by atoms with van der Waals surface area (Å²) in [4.78, 5) is 0. The number of halogens is 1. The molecule has 0 amide bonds. The van der Waals surface area contributed by atoms with Crippen molar-refractivity contribution in [3.63, 3.8) is 0 Å². The van der Waals surface area contributed by atoms with Gasteiger partial charge in [-0.15, -0.1) is 5.10 Å². The molecule has 0 aliphatic carbocycles. The molecule has 4 heteroatoms. The summed E-state index contributed by atoms with van der Waals surface area (Å²) in [5, 5.41) is 7.35. The van der Waals surface area contributed by atoms with E-state index in [0.29, 0.717) is 11.8 Å². The molecule has 0 spiro atoms. The molecule has 1 aromatic heterocycles. The van der Waals surface area contributed by atoms with E-state index in [0.717, 1.165) is 6.42 Å². The predicted octanol–water partition coefficient (Wildman–Crippen LogP) is 1.92. The van der Waals surface area contributed by atoms with E-state index in [1.54, 1.807) is 0 Å². The number of nitrogens with zero attached hydrogens (tertiary/aromatic N) is 2. The molecule has 0 bridgehead atoms. The van der Waals surface area contributed by atoms with E-state index in [1.165, 1.54) is 0 Å². The summed E-state index contributed by atoms with van der Waals surface area (Å²) in [6.45, 7) is 4.16. The molecule has 1 rings (SSSR count). The van der Waals surface area contributed by atoms with Gasteiger partial charge >= 0.3 is 5.35 Å². The van der Waals surface area contributed by atoms with E-state index in [-0.39, 0.29) is 5.35 Å². The molecular weight excluding hydrogens is 152 g/mol. The van der Waals surface area contributed by atoms with Crippen molar-refractivity contribution in [3.05, 3.63) is 11.2 Å². The Balaban J connectivity index is 2.58. The van der Waals surface area contributed by atoms with Gasteiger partial charge < -0.3 is 4.42 Å². The van der Waals surface area contributed by atoms with Crippen LogP contribution in [0.5, 0.6) is 0 Å². The van der Waals surface area contributed by atoms with E-state index in [2.05, 4.69) is 24.0 Å². The summed E-state index contributed by atoms with van der Waals surface area (Å²) >= 11 is 5.40. The van der Waals surface area contributed by atoms with E-state index >= 15 is 0 Å². The maximum absolute atomic E-state index is 5.40. The maximum atomic E-state index is 5.40. The van der Waals surface area contributed by atoms with Crippen molar-refractivity contribution in [2.75, 3.05) is 0 Å². The minimum absolute atomic E-state index is 0.121. The van der Waals surface area contributed by atoms with Crippen LogP contribution in [0.3, 0.4) is 0 Å². The molecule has 0 saturated heterocycles. The maximum Gasteiger partial charge on any atom is 0.312 e. The lowest BCUT2D eigenvalue weighted by Crippen LogP contribution is -1.93. The van der Waals surface area contributed by atoms with Crippen LogP contribution in [-0.2, 0) is 6.42 Å². The molecule has 0 aliphatic heterocycles. The van der Waals surface area contributed by atoms with E-state index in [9.17, 15) is 0 Å². The first-order chi connectivity index (χ1) is 4.68. The van der Waals surface area contributed by atoms with Gasteiger partial charge in [-0.2, -0.15) is 0 Å². The van der Waals surface area contributed by atoms with Gasteiger partial charge in [-0.05, 0) is 17.5 Å². The van der Waals surface area contributed by atoms with Gasteiger partial charge in [-0.3, -0.25) is 0 Å². The summed E-state index contributed by atoms with van der Waals surface area (Å²) in [5.41, 5.74) is 0. The lowest BCUT2D eigenvalue weighted by molar-refractivity contribution is 0.458. The van der Waals surface area contributed by atoms with Crippen LogP contribution in [0.15, 0.2) is 4.42 Å². The summed E-state index contributed by atoms with van der Waals surface area (Å²) < 4.78 is 4.94. The van der Waals surface area contributed by atoms with Crippen molar-refractivity contribution in [3.8, 4) is 0 Å². The minimum Gasteiger partial charge on any atom is -0.412 e. The zero-order chi connectivity index (χ0) is 7.56. The number of hydrogen-bond donors (Lipinski definition) is 0. The Bertz CT molecular complexity index is 209. The zero-order valence-electron chi connectivity index (χ0n) is 5.97. The van der Waals surface area contributed by atoms with Gasteiger partial charge in [0.25, 0.3) is 0 Å². The average molecular weight is 161 g/mol. The van der Waals surface area contributed by atoms with Crippen LogP contribution in [0.4, 0.5) is 0 Å². The van der Waals surface area contributed by atoms with Crippen LogP contribution in [-0.4, -0.2) is 10.2 Å². The Morgan fingerprint density at radius 1 is 1.50 bits per heavy atom. The summed E-state index contributed by atoms with van der Waals surface area (Å²) in [5.74, 6) is 1.14. The van der Waals surface area contributed by atoms with Crippen molar-refractivity contribution in [2.24, 2.45) is 5.92 Å². The number of hydrogen-bond acceptors (Lipinski definition) is 3. The van der Waals surface area contributed by atoms with Crippen LogP contribution in [0, 0.1) is 5.92 Å². The summed E-state index contributed by atoms with van der Waals surface area (Å²) in [6, 6.07) is 0. The topological polar surface area (TPSA) is 38.9 Å². The Morgan fingerprint density at radius 3 is 2.60 bits per heavy atom. The third-order valence-electron chi connectivity index (χ3n) is 1.03. The van der Waals surface area contributed by atoms with Gasteiger partial charge in [0.2, 0.25) is 5.89 Å². The molecule has 0 atom stereocenters. The molecule has 0 N–H and O–H groups in total. The van der Waals surface area contributed by atoms with Crippen LogP contribution in [0.25, 0.3) is 0 Å². The smallest absolute Gasteiger partial charge is 0.312 e. The Morgan fingerprint density at radius 2 is 2.20 bits per heavy atom. The van der Waals surface area contributed by atoms with Gasteiger partial charge in [0.15, 0.2) is 0 Å². The fourth-order valence-corrected chi connectivity index (χ4v) is 0.792. The van der Waals surface area contributed by atoms with Crippen LogP contribution in [0.2, 0.25) is 5.35 Å². The molecule has 0 unspecified atom stereocenters. The molecule has 1 aromatic rings. The molecule has 3 nitrogen and oxygen atoms in total. The standard InChI is InChI=1S/C6H9ClN2O/c1-4(2)3-5-8-9-6(7)10-5/h4H,3H2,1-2H3. The lowest BCUT2D eigenvalue weighted by Gasteiger charge is -1.95. The second kappa shape index (κ2) is 3.01. The molecule has 56 valence electrons. The van der Waals surface area contributed by atoms with E-state index in [1.807, 2.05) is 0 Å². The molecule has 1 heterocycles. The van der Waals surface area contributed by atoms with Crippen LogP contribution >= 0.6 is 11.6 Å². The number of rotatable bonds is 2. The van der Waals surface area contributed by atoms with Gasteiger partial charge in [0.1, 0.15) is 0 Å². The monoisotopic (exact) mass is 160 g/mol. The highest BCUT2D eigenvalue weighted by molar-refractivity contribution is 6.27. The minimum atomic E-state index is 0.121. The highest BCUT2D eigenvalue weighted by Crippen LogP contribution is 2.09. The highest BCUT2D eigenvalue weighted by Gasteiger charge is 2.04. The Kier molecular flexibility index (Phi) is 2.27. The molecular formula is C6H9ClN2O.